The Bertz CT molecular complexity index is 4480. The molecule has 0 bridgehead atoms. The molecule has 7 aromatic carbocycles. The highest BCUT2D eigenvalue weighted by Crippen LogP contribution is 2.34. The van der Waals surface area contributed by atoms with Crippen molar-refractivity contribution in [1.82, 2.24) is 10.2 Å². The first-order valence-electron chi connectivity index (χ1n) is 33.0. The summed E-state index contributed by atoms with van der Waals surface area (Å²) in [7, 11) is -6.75. The van der Waals surface area contributed by atoms with Crippen LogP contribution in [0.15, 0.2) is 185 Å². The molecule has 0 aliphatic carbocycles. The second-order valence-corrected chi connectivity index (χ2v) is 36.9. The zero-order chi connectivity index (χ0) is 84.0. The van der Waals surface area contributed by atoms with E-state index in [-0.39, 0.29) is 85.3 Å². The van der Waals surface area contributed by atoms with Gasteiger partial charge in [0, 0.05) is 35.4 Å². The molecule has 618 valence electrons. The lowest BCUT2D eigenvalue weighted by Gasteiger charge is -2.22. The van der Waals surface area contributed by atoms with Crippen molar-refractivity contribution in [3.05, 3.63) is 231 Å². The molecule has 0 unspecified atom stereocenters. The maximum absolute atomic E-state index is 12.6. The smallest absolute Gasteiger partial charge is 0.416 e. The number of sulfone groups is 2. The third-order valence-corrected chi connectivity index (χ3v) is 21.3. The standard InChI is InChI=1S/C21H23F3O4S.C17H16F3NO4S.C17H27NO3S.C13H19NO2.C7H4ClF3O2S.CH4O.2ClH/c1-14(15-5-7-16(8-6-15)19(25)28-20(2,3)4)13-29(26,27)18-11-9-17(10-12-18)21(22,23)24;1-11(12-2-4-13(5-3-12)16(22)21-23)10-26(24,25)15-8-6-14(7-9-15)17(18,19)20;1-12(18-22(20)17(5,6)7)13-8-10-14(11-9-13)15(19)21-16(2,3)4;1-9(14)10-5-7-11(8-6-10)12(15)16-13(2,3)4;8-14(12,13)6-3-1-5(2-4-6)7(9,10)11;1-2;;/h5-12,14H,13H2,1-4H3;2-9,11,23H,10H2,1H3,(H,21,22);8-12,18H,1-7H3;5-9H,14H2,1-4H3;1-4H;2H,1H3;2*1H/t14-;11-;12-,22+;9-;;;;/m0011..../s1. The van der Waals surface area contributed by atoms with E-state index in [1.54, 1.807) is 95.3 Å². The van der Waals surface area contributed by atoms with E-state index < -0.39 is 115 Å². The molecule has 35 heteroatoms. The van der Waals surface area contributed by atoms with E-state index in [4.69, 9.17) is 40.9 Å². The molecule has 0 heterocycles. The van der Waals surface area contributed by atoms with Gasteiger partial charge in [0.05, 0.1) is 75.3 Å². The first-order valence-corrected chi connectivity index (χ1v) is 39.7. The summed E-state index contributed by atoms with van der Waals surface area (Å²) in [6.07, 6.45) is -13.5. The summed E-state index contributed by atoms with van der Waals surface area (Å²) in [4.78, 5) is 46.3. The minimum Gasteiger partial charge on any atom is -0.456 e. The molecular weight excluding hydrogens is 1620 g/mol. The minimum atomic E-state index is -4.53. The Hall–Kier alpha value is -7.50. The number of hydrogen-bond donors (Lipinski definition) is 5. The number of ether oxygens (including phenoxy) is 3. The number of rotatable bonds is 17. The summed E-state index contributed by atoms with van der Waals surface area (Å²) >= 11 is 0. The van der Waals surface area contributed by atoms with Crippen molar-refractivity contribution in [3.63, 3.8) is 0 Å². The number of hydroxylamine groups is 1. The number of alkyl halides is 9. The number of aliphatic hydroxyl groups is 1. The lowest BCUT2D eigenvalue weighted by molar-refractivity contribution is -0.138. The van der Waals surface area contributed by atoms with E-state index in [1.165, 1.54) is 17.6 Å². The summed E-state index contributed by atoms with van der Waals surface area (Å²) in [6.45, 7) is 29.3. The van der Waals surface area contributed by atoms with Gasteiger partial charge >= 0.3 is 36.4 Å². The minimum absolute atomic E-state index is 0. The van der Waals surface area contributed by atoms with E-state index in [2.05, 4.69) is 4.72 Å². The number of halogens is 12. The monoisotopic (exact) mass is 1710 g/mol. The highest BCUT2D eigenvalue weighted by atomic mass is 35.7. The Kier molecular flexibility index (Phi) is 40.2. The van der Waals surface area contributed by atoms with Gasteiger partial charge in [0.2, 0.25) is 0 Å². The fraction of sp³-hybridized carbons (Fsp3) is 0.395. The van der Waals surface area contributed by atoms with Crippen LogP contribution >= 0.6 is 35.5 Å². The largest absolute Gasteiger partial charge is 0.456 e. The SMILES string of the molecule is CO.C[C@@H](CS(=O)(=O)c1ccc(C(F)(F)F)cc1)c1ccc(C(=O)NO)cc1.C[C@@H](CS(=O)(=O)c1ccc(C(F)(F)F)cc1)c1ccc(C(=O)OC(C)(C)C)cc1.C[C@@H](N)c1ccc(C(=O)OC(C)(C)C)cc1.C[C@@H](N[S@@](=O)C(C)(C)C)c1ccc(C(=O)OC(C)(C)C)cc1.Cl.Cl.O=S(=O)(Cl)c1ccc(C(F)(F)F)cc1. The summed E-state index contributed by atoms with van der Waals surface area (Å²) in [5.41, 5.74) is 7.82. The maximum Gasteiger partial charge on any atom is 0.416 e. The predicted molar refractivity (Wildman–Crippen MR) is 414 cm³/mol. The Balaban J connectivity index is 0.00000138. The Morgan fingerprint density at radius 2 is 0.667 bits per heavy atom. The van der Waals surface area contributed by atoms with Gasteiger partial charge in [-0.25, -0.2) is 54.0 Å². The molecule has 0 aliphatic heterocycles. The topological polar surface area (TPSA) is 306 Å². The van der Waals surface area contributed by atoms with Crippen LogP contribution in [0.1, 0.15) is 215 Å². The summed E-state index contributed by atoms with van der Waals surface area (Å²) in [5.74, 6) is -3.26. The van der Waals surface area contributed by atoms with Crippen molar-refractivity contribution >= 4 is 99.0 Å². The molecule has 0 aliphatic rings. The van der Waals surface area contributed by atoms with Crippen LogP contribution in [0.25, 0.3) is 0 Å². The predicted octanol–water partition coefficient (Wildman–Crippen LogP) is 18.1. The van der Waals surface area contributed by atoms with Crippen LogP contribution in [-0.2, 0) is 72.5 Å². The van der Waals surface area contributed by atoms with E-state index in [0.717, 1.165) is 78.9 Å². The van der Waals surface area contributed by atoms with E-state index in [9.17, 15) is 88.2 Å². The average Bonchev–Trinajstić information content (AvgIpc) is 0.817. The first kappa shape index (κ1) is 104. The summed E-state index contributed by atoms with van der Waals surface area (Å²) < 4.78 is 214. The van der Waals surface area contributed by atoms with Gasteiger partial charge in [0.1, 0.15) is 16.8 Å². The zero-order valence-corrected chi connectivity index (χ0v) is 69.5. The van der Waals surface area contributed by atoms with Crippen molar-refractivity contribution in [1.29, 1.82) is 0 Å². The molecule has 7 aromatic rings. The second-order valence-electron chi connectivity index (χ2n) is 28.3. The van der Waals surface area contributed by atoms with Crippen LogP contribution in [0.5, 0.6) is 0 Å². The molecule has 0 radical (unpaired) electrons. The van der Waals surface area contributed by atoms with E-state index in [1.807, 2.05) is 100 Å². The highest BCUT2D eigenvalue weighted by Gasteiger charge is 2.34. The molecular formula is C76H95Cl3F9N3O16S4. The van der Waals surface area contributed by atoms with Gasteiger partial charge in [0.25, 0.3) is 15.0 Å². The van der Waals surface area contributed by atoms with Gasteiger partial charge in [0.15, 0.2) is 19.7 Å². The molecule has 0 aromatic heterocycles. The number of aliphatic hydroxyl groups excluding tert-OH is 1. The van der Waals surface area contributed by atoms with Gasteiger partial charge in [-0.15, -0.1) is 24.8 Å². The van der Waals surface area contributed by atoms with Gasteiger partial charge < -0.3 is 25.1 Å². The van der Waals surface area contributed by atoms with Gasteiger partial charge in [-0.3, -0.25) is 10.0 Å². The van der Waals surface area contributed by atoms with Crippen molar-refractivity contribution in [2.24, 2.45) is 5.73 Å². The molecule has 0 spiro atoms. The Morgan fingerprint density at radius 1 is 0.423 bits per heavy atom. The molecule has 1 amide bonds. The average molecular weight is 1710 g/mol. The lowest BCUT2D eigenvalue weighted by Crippen LogP contribution is -2.34. The number of carbonyl (C=O) groups is 4. The van der Waals surface area contributed by atoms with E-state index in [0.29, 0.717) is 39.9 Å². The van der Waals surface area contributed by atoms with Crippen LogP contribution in [0, 0.1) is 0 Å². The zero-order valence-electron chi connectivity index (χ0n) is 63.8. The fourth-order valence-corrected chi connectivity index (χ4v) is 13.5. The lowest BCUT2D eigenvalue weighted by atomic mass is 10.0. The van der Waals surface area contributed by atoms with Crippen LogP contribution in [-0.4, -0.2) is 104 Å². The fourth-order valence-electron chi connectivity index (χ4n) is 8.77. The maximum atomic E-state index is 12.6. The van der Waals surface area contributed by atoms with E-state index >= 15 is 0 Å². The van der Waals surface area contributed by atoms with Gasteiger partial charge in [-0.1, -0.05) is 62.4 Å². The molecule has 5 atom stereocenters. The number of hydrogen-bond acceptors (Lipinski definition) is 17. The Morgan fingerprint density at radius 3 is 0.892 bits per heavy atom. The van der Waals surface area contributed by atoms with Crippen LogP contribution in [0.4, 0.5) is 39.5 Å². The number of amides is 1. The molecule has 0 fully saturated rings. The number of esters is 3. The molecule has 6 N–H and O–H groups in total. The molecule has 0 saturated heterocycles. The normalized spacial score (nSPS) is 13.3. The number of benzene rings is 7. The molecule has 0 saturated carbocycles. The number of nitrogens with one attached hydrogen (secondary N) is 2. The summed E-state index contributed by atoms with van der Waals surface area (Å²) in [5, 5.41) is 15.6. The van der Waals surface area contributed by atoms with Crippen LogP contribution < -0.4 is 15.9 Å². The molecule has 7 rings (SSSR count). The quantitative estimate of drug-likeness (QED) is 0.0141. The van der Waals surface area contributed by atoms with Crippen LogP contribution in [0.3, 0.4) is 0 Å². The number of nitrogens with two attached hydrogens (primary N) is 1. The van der Waals surface area contributed by atoms with Crippen molar-refractivity contribution in [2.45, 2.75) is 189 Å². The van der Waals surface area contributed by atoms with Crippen molar-refractivity contribution in [3.8, 4) is 0 Å². The van der Waals surface area contributed by atoms with Crippen LogP contribution in [0.2, 0.25) is 0 Å². The van der Waals surface area contributed by atoms with Gasteiger partial charge in [-0.05, 0) is 252 Å². The molecule has 111 heavy (non-hydrogen) atoms. The van der Waals surface area contributed by atoms with Crippen molar-refractivity contribution in [2.75, 3.05) is 18.6 Å². The first-order chi connectivity index (χ1) is 49.6. The van der Waals surface area contributed by atoms with Gasteiger partial charge in [-0.2, -0.15) is 39.5 Å². The molecule has 19 nitrogen and oxygen atoms in total. The number of carbonyl (C=O) groups excluding carboxylic acids is 4. The van der Waals surface area contributed by atoms with Crippen molar-refractivity contribution < 1.29 is 113 Å². The summed E-state index contributed by atoms with van der Waals surface area (Å²) in [6, 6.07) is 36.4. The second kappa shape index (κ2) is 43.1. The third kappa shape index (κ3) is 36.9. The third-order valence-electron chi connectivity index (χ3n) is 14.4. The Labute approximate surface area is 662 Å². The highest BCUT2D eigenvalue weighted by molar-refractivity contribution is 8.13.